The number of nitrogens with zero attached hydrogens (tertiary/aromatic N) is 2. The molecule has 3 aromatic rings. The molecule has 7 nitrogen and oxygen atoms in total. The topological polar surface area (TPSA) is 81.9 Å². The van der Waals surface area contributed by atoms with Gasteiger partial charge < -0.3 is 9.47 Å². The van der Waals surface area contributed by atoms with Crippen LogP contribution in [0.2, 0.25) is 0 Å². The maximum Gasteiger partial charge on any atom is 0.270 e. The Morgan fingerprint density at radius 2 is 1.78 bits per heavy atom. The van der Waals surface area contributed by atoms with Crippen molar-refractivity contribution < 1.29 is 19.2 Å². The Balaban J connectivity index is 1.53. The molecule has 1 aliphatic rings. The van der Waals surface area contributed by atoms with Gasteiger partial charge >= 0.3 is 0 Å². The third-order valence-corrected chi connectivity index (χ3v) is 6.80. The molecule has 1 aliphatic heterocycles. The van der Waals surface area contributed by atoms with E-state index >= 15 is 0 Å². The highest BCUT2D eigenvalue weighted by molar-refractivity contribution is 8.27. The summed E-state index contributed by atoms with van der Waals surface area (Å²) in [6.45, 7) is 6.52. The number of thiocarbonyl (C=S) groups is 1. The number of aryl methyl sites for hydroxylation is 2. The fraction of sp³-hybridized carbons (Fsp3) is 0.185. The molecule has 0 spiro atoms. The first-order chi connectivity index (χ1) is 17.3. The molecule has 0 saturated carbocycles. The van der Waals surface area contributed by atoms with Gasteiger partial charge in [0.1, 0.15) is 6.61 Å². The molecule has 9 heteroatoms. The average molecular weight is 521 g/mol. The Morgan fingerprint density at radius 3 is 2.44 bits per heavy atom. The first-order valence-electron chi connectivity index (χ1n) is 11.2. The monoisotopic (exact) mass is 520 g/mol. The third-order valence-electron chi connectivity index (χ3n) is 5.49. The van der Waals surface area contributed by atoms with Gasteiger partial charge in [0, 0.05) is 12.1 Å². The molecule has 0 atom stereocenters. The van der Waals surface area contributed by atoms with Crippen LogP contribution in [0.1, 0.15) is 29.2 Å². The minimum absolute atomic E-state index is 0.0288. The fourth-order valence-corrected chi connectivity index (χ4v) is 5.04. The van der Waals surface area contributed by atoms with Gasteiger partial charge in [0.15, 0.2) is 15.8 Å². The van der Waals surface area contributed by atoms with Gasteiger partial charge in [0.25, 0.3) is 11.6 Å². The van der Waals surface area contributed by atoms with Crippen LogP contribution in [0.5, 0.6) is 11.5 Å². The molecular formula is C27H24N2O5S2. The minimum atomic E-state index is -0.438. The summed E-state index contributed by atoms with van der Waals surface area (Å²) in [5.74, 6) is 0.918. The second kappa shape index (κ2) is 10.9. The predicted molar refractivity (Wildman–Crippen MR) is 147 cm³/mol. The van der Waals surface area contributed by atoms with E-state index in [4.69, 9.17) is 21.7 Å². The number of rotatable bonds is 8. The lowest BCUT2D eigenvalue weighted by atomic mass is 10.1. The Hall–Kier alpha value is -3.69. The smallest absolute Gasteiger partial charge is 0.270 e. The number of hydrogen-bond donors (Lipinski definition) is 0. The molecule has 36 heavy (non-hydrogen) atoms. The van der Waals surface area contributed by atoms with E-state index in [9.17, 15) is 14.9 Å². The normalized spacial score (nSPS) is 14.4. The molecule has 1 heterocycles. The molecule has 1 fully saturated rings. The molecule has 3 aromatic carbocycles. The maximum atomic E-state index is 13.2. The largest absolute Gasteiger partial charge is 0.490 e. The van der Waals surface area contributed by atoms with Crippen molar-refractivity contribution in [3.63, 3.8) is 0 Å². The van der Waals surface area contributed by atoms with E-state index in [1.165, 1.54) is 23.9 Å². The fourth-order valence-electron chi connectivity index (χ4n) is 3.76. The van der Waals surface area contributed by atoms with E-state index < -0.39 is 4.92 Å². The van der Waals surface area contributed by atoms with Gasteiger partial charge in [-0.05, 0) is 73.9 Å². The molecule has 0 aromatic heterocycles. The van der Waals surface area contributed by atoms with Crippen molar-refractivity contribution >= 4 is 51.7 Å². The van der Waals surface area contributed by atoms with Crippen molar-refractivity contribution in [3.05, 3.63) is 97.9 Å². The van der Waals surface area contributed by atoms with E-state index in [0.717, 1.165) is 27.9 Å². The summed E-state index contributed by atoms with van der Waals surface area (Å²) in [7, 11) is 0. The van der Waals surface area contributed by atoms with Gasteiger partial charge in [-0.3, -0.25) is 19.8 Å². The molecule has 184 valence electrons. The Morgan fingerprint density at radius 1 is 1.03 bits per heavy atom. The first-order valence-corrected chi connectivity index (χ1v) is 12.5. The molecule has 1 saturated heterocycles. The van der Waals surface area contributed by atoms with Crippen LogP contribution in [-0.4, -0.2) is 21.8 Å². The van der Waals surface area contributed by atoms with E-state index in [1.54, 1.807) is 29.2 Å². The second-order valence-electron chi connectivity index (χ2n) is 8.16. The van der Waals surface area contributed by atoms with Crippen LogP contribution in [0.25, 0.3) is 6.08 Å². The molecule has 0 unspecified atom stereocenters. The lowest BCUT2D eigenvalue weighted by molar-refractivity contribution is -0.384. The van der Waals surface area contributed by atoms with Crippen LogP contribution in [0.4, 0.5) is 11.4 Å². The SMILES string of the molecule is CCOc1cc(/C=C2\SC(=S)N(c3ccc(C)cc3C)C2=O)ccc1OCc1ccc([N+](=O)[O-])cc1. The van der Waals surface area contributed by atoms with Crippen molar-refractivity contribution in [1.29, 1.82) is 0 Å². The van der Waals surface area contributed by atoms with Crippen molar-refractivity contribution in [3.8, 4) is 11.5 Å². The summed E-state index contributed by atoms with van der Waals surface area (Å²) in [5.41, 5.74) is 4.50. The van der Waals surface area contributed by atoms with E-state index in [-0.39, 0.29) is 18.2 Å². The second-order valence-corrected chi connectivity index (χ2v) is 9.83. The number of hydrogen-bond acceptors (Lipinski definition) is 7. The lowest BCUT2D eigenvalue weighted by Crippen LogP contribution is -2.28. The lowest BCUT2D eigenvalue weighted by Gasteiger charge is -2.17. The minimum Gasteiger partial charge on any atom is -0.490 e. The average Bonchev–Trinajstić information content (AvgIpc) is 3.11. The highest BCUT2D eigenvalue weighted by atomic mass is 32.2. The number of thioether (sulfide) groups is 1. The van der Waals surface area contributed by atoms with E-state index in [2.05, 4.69) is 0 Å². The molecule has 0 radical (unpaired) electrons. The van der Waals surface area contributed by atoms with Gasteiger partial charge in [-0.25, -0.2) is 0 Å². The molecule has 0 bridgehead atoms. The van der Waals surface area contributed by atoms with Crippen LogP contribution in [0.15, 0.2) is 65.6 Å². The van der Waals surface area contributed by atoms with E-state index in [0.29, 0.717) is 27.3 Å². The van der Waals surface area contributed by atoms with Gasteiger partial charge in [0.2, 0.25) is 0 Å². The summed E-state index contributed by atoms with van der Waals surface area (Å²) >= 11 is 6.79. The number of nitro benzene ring substituents is 1. The van der Waals surface area contributed by atoms with Crippen molar-refractivity contribution in [2.45, 2.75) is 27.4 Å². The summed E-state index contributed by atoms with van der Waals surface area (Å²) in [6.07, 6.45) is 1.80. The summed E-state index contributed by atoms with van der Waals surface area (Å²) in [4.78, 5) is 25.7. The molecule has 1 amide bonds. The number of nitro groups is 1. The summed E-state index contributed by atoms with van der Waals surface area (Å²) in [5, 5.41) is 10.8. The number of carbonyl (C=O) groups is 1. The van der Waals surface area contributed by atoms with Gasteiger partial charge in [-0.1, -0.05) is 47.7 Å². The number of non-ortho nitro benzene ring substituents is 1. The zero-order chi connectivity index (χ0) is 25.8. The Bertz CT molecular complexity index is 1370. The predicted octanol–water partition coefficient (Wildman–Crippen LogP) is 6.60. The zero-order valence-electron chi connectivity index (χ0n) is 20.0. The molecule has 0 aliphatic carbocycles. The standard InChI is InChI=1S/C27H24N2O5S2/c1-4-33-24-14-20(8-12-23(24)34-16-19-6-9-21(10-7-19)29(31)32)15-25-26(30)28(27(35)36-25)22-11-5-17(2)13-18(22)3/h5-15H,4,16H2,1-3H3/b25-15-. The van der Waals surface area contributed by atoms with Crippen LogP contribution in [-0.2, 0) is 11.4 Å². The van der Waals surface area contributed by atoms with Gasteiger partial charge in [0.05, 0.1) is 22.1 Å². The number of anilines is 1. The number of amides is 1. The molecule has 0 N–H and O–H groups in total. The Kier molecular flexibility index (Phi) is 7.71. The van der Waals surface area contributed by atoms with Crippen LogP contribution in [0, 0.1) is 24.0 Å². The van der Waals surface area contributed by atoms with Gasteiger partial charge in [-0.15, -0.1) is 0 Å². The van der Waals surface area contributed by atoms with Crippen LogP contribution >= 0.6 is 24.0 Å². The van der Waals surface area contributed by atoms with Crippen LogP contribution < -0.4 is 14.4 Å². The van der Waals surface area contributed by atoms with Crippen molar-refractivity contribution in [1.82, 2.24) is 0 Å². The molecular weight excluding hydrogens is 496 g/mol. The van der Waals surface area contributed by atoms with Crippen molar-refractivity contribution in [2.24, 2.45) is 0 Å². The third kappa shape index (κ3) is 5.58. The number of ether oxygens (including phenoxy) is 2. The quantitative estimate of drug-likeness (QED) is 0.143. The maximum absolute atomic E-state index is 13.2. The highest BCUT2D eigenvalue weighted by Gasteiger charge is 2.34. The van der Waals surface area contributed by atoms with E-state index in [1.807, 2.05) is 51.1 Å². The summed E-state index contributed by atoms with van der Waals surface area (Å²) in [6, 6.07) is 17.6. The number of benzene rings is 3. The Labute approximate surface area is 218 Å². The van der Waals surface area contributed by atoms with Crippen molar-refractivity contribution in [2.75, 3.05) is 11.5 Å². The zero-order valence-corrected chi connectivity index (χ0v) is 21.7. The highest BCUT2D eigenvalue weighted by Crippen LogP contribution is 2.38. The number of carbonyl (C=O) groups excluding carboxylic acids is 1. The first kappa shape index (κ1) is 25.4. The van der Waals surface area contributed by atoms with Crippen LogP contribution in [0.3, 0.4) is 0 Å². The summed E-state index contributed by atoms with van der Waals surface area (Å²) < 4.78 is 12.2. The van der Waals surface area contributed by atoms with Gasteiger partial charge in [-0.2, -0.15) is 0 Å². The molecule has 4 rings (SSSR count).